The van der Waals surface area contributed by atoms with Crippen LogP contribution in [-0.4, -0.2) is 19.3 Å². The summed E-state index contributed by atoms with van der Waals surface area (Å²) in [7, 11) is -3.71. The van der Waals surface area contributed by atoms with Crippen LogP contribution in [0, 0.1) is 0 Å². The molecule has 2 aromatic rings. The number of hydrogen-bond acceptors (Lipinski definition) is 4. The maximum absolute atomic E-state index is 12.4. The number of benzene rings is 2. The van der Waals surface area contributed by atoms with Crippen molar-refractivity contribution in [2.45, 2.75) is 17.6 Å². The number of aromatic hydroxyl groups is 1. The number of phenols is 1. The van der Waals surface area contributed by atoms with Gasteiger partial charge < -0.3 is 5.11 Å². The Kier molecular flexibility index (Phi) is 4.34. The van der Waals surface area contributed by atoms with Crippen LogP contribution in [-0.2, 0) is 15.6 Å². The number of Topliss-reactive ketones (excluding diaryl/α,β-unsaturated/α-hetero) is 1. The Morgan fingerprint density at radius 3 is 2.48 bits per heavy atom. The molecule has 0 spiro atoms. The maximum atomic E-state index is 12.4. The summed E-state index contributed by atoms with van der Waals surface area (Å²) in [6.07, 6.45) is 0. The molecule has 0 atom stereocenters. The molecular weight excluding hydrogens is 312 g/mol. The maximum Gasteiger partial charge on any atom is 0.184 e. The molecule has 0 amide bonds. The van der Waals surface area contributed by atoms with Gasteiger partial charge in [-0.1, -0.05) is 23.7 Å². The highest BCUT2D eigenvalue weighted by atomic mass is 35.5. The predicted octanol–water partition coefficient (Wildman–Crippen LogP) is 3.22. The summed E-state index contributed by atoms with van der Waals surface area (Å²) in [6, 6.07) is 10.2. The van der Waals surface area contributed by atoms with Gasteiger partial charge >= 0.3 is 0 Å². The summed E-state index contributed by atoms with van der Waals surface area (Å²) in [5, 5.41) is 9.91. The van der Waals surface area contributed by atoms with E-state index in [1.165, 1.54) is 37.3 Å². The van der Waals surface area contributed by atoms with E-state index in [1.807, 2.05) is 0 Å². The zero-order valence-electron chi connectivity index (χ0n) is 11.2. The summed E-state index contributed by atoms with van der Waals surface area (Å²) in [4.78, 5) is 11.3. The van der Waals surface area contributed by atoms with Gasteiger partial charge in [0.1, 0.15) is 5.75 Å². The Morgan fingerprint density at radius 1 is 1.19 bits per heavy atom. The van der Waals surface area contributed by atoms with E-state index in [1.54, 1.807) is 12.1 Å². The van der Waals surface area contributed by atoms with Crippen molar-refractivity contribution in [3.8, 4) is 5.75 Å². The highest BCUT2D eigenvalue weighted by Gasteiger charge is 2.20. The normalized spacial score (nSPS) is 11.3. The smallest absolute Gasteiger partial charge is 0.184 e. The molecule has 0 heterocycles. The van der Waals surface area contributed by atoms with Crippen LogP contribution in [0.5, 0.6) is 5.75 Å². The molecule has 110 valence electrons. The van der Waals surface area contributed by atoms with E-state index < -0.39 is 15.6 Å². The van der Waals surface area contributed by atoms with Crippen molar-refractivity contribution >= 4 is 27.2 Å². The van der Waals surface area contributed by atoms with Crippen molar-refractivity contribution in [2.75, 3.05) is 0 Å². The van der Waals surface area contributed by atoms with Crippen LogP contribution in [0.1, 0.15) is 22.8 Å². The van der Waals surface area contributed by atoms with E-state index in [2.05, 4.69) is 0 Å². The summed E-state index contributed by atoms with van der Waals surface area (Å²) in [6.45, 7) is 1.37. The number of ketones is 1. The van der Waals surface area contributed by atoms with Gasteiger partial charge in [0.15, 0.2) is 15.6 Å². The van der Waals surface area contributed by atoms with Crippen LogP contribution < -0.4 is 0 Å². The quantitative estimate of drug-likeness (QED) is 0.876. The van der Waals surface area contributed by atoms with Gasteiger partial charge in [0.25, 0.3) is 0 Å². The molecule has 0 saturated heterocycles. The van der Waals surface area contributed by atoms with Gasteiger partial charge in [0.2, 0.25) is 0 Å². The topological polar surface area (TPSA) is 71.4 Å². The Hall–Kier alpha value is -1.85. The van der Waals surface area contributed by atoms with Crippen LogP contribution in [0.2, 0.25) is 5.02 Å². The van der Waals surface area contributed by atoms with E-state index in [0.717, 1.165) is 0 Å². The highest BCUT2D eigenvalue weighted by Crippen LogP contribution is 2.28. The molecular formula is C15H13ClO4S. The molecule has 0 saturated carbocycles. The first-order valence-corrected chi connectivity index (χ1v) is 8.14. The minimum Gasteiger partial charge on any atom is -0.508 e. The lowest BCUT2D eigenvalue weighted by Gasteiger charge is -2.09. The number of phenolic OH excluding ortho intramolecular Hbond substituents is 1. The van der Waals surface area contributed by atoms with Gasteiger partial charge in [0, 0.05) is 11.1 Å². The molecule has 21 heavy (non-hydrogen) atoms. The summed E-state index contributed by atoms with van der Waals surface area (Å²) >= 11 is 5.90. The minimum atomic E-state index is -3.71. The number of halogens is 1. The van der Waals surface area contributed by atoms with Crippen LogP contribution in [0.25, 0.3) is 0 Å². The largest absolute Gasteiger partial charge is 0.508 e. The molecule has 0 aliphatic rings. The molecule has 0 fully saturated rings. The molecule has 2 rings (SSSR count). The fourth-order valence-electron chi connectivity index (χ4n) is 1.90. The van der Waals surface area contributed by atoms with Gasteiger partial charge in [0.05, 0.1) is 15.7 Å². The molecule has 4 nitrogen and oxygen atoms in total. The van der Waals surface area contributed by atoms with Crippen LogP contribution >= 0.6 is 11.6 Å². The fraction of sp³-hybridized carbons (Fsp3) is 0.133. The molecule has 0 aliphatic heterocycles. The van der Waals surface area contributed by atoms with E-state index in [0.29, 0.717) is 5.56 Å². The molecule has 0 unspecified atom stereocenters. The van der Waals surface area contributed by atoms with Gasteiger partial charge in [-0.25, -0.2) is 8.42 Å². The monoisotopic (exact) mass is 324 g/mol. The number of sulfone groups is 1. The SMILES string of the molecule is CC(=O)c1ccc(O)c(CS(=O)(=O)c2ccccc2Cl)c1. The average molecular weight is 325 g/mol. The molecule has 2 aromatic carbocycles. The zero-order valence-corrected chi connectivity index (χ0v) is 12.8. The van der Waals surface area contributed by atoms with Crippen LogP contribution in [0.4, 0.5) is 0 Å². The lowest BCUT2D eigenvalue weighted by atomic mass is 10.1. The first-order valence-electron chi connectivity index (χ1n) is 6.11. The third-order valence-electron chi connectivity index (χ3n) is 3.00. The summed E-state index contributed by atoms with van der Waals surface area (Å²) < 4.78 is 24.8. The lowest BCUT2D eigenvalue weighted by molar-refractivity contribution is 0.101. The molecule has 0 radical (unpaired) electrons. The third kappa shape index (κ3) is 3.43. The second kappa shape index (κ2) is 5.87. The first kappa shape index (κ1) is 15.5. The van der Waals surface area contributed by atoms with Crippen LogP contribution in [0.15, 0.2) is 47.4 Å². The zero-order chi connectivity index (χ0) is 15.6. The van der Waals surface area contributed by atoms with Gasteiger partial charge in [-0.3, -0.25) is 4.79 Å². The number of hydrogen-bond donors (Lipinski definition) is 1. The first-order chi connectivity index (χ1) is 9.81. The van der Waals surface area contributed by atoms with E-state index >= 15 is 0 Å². The average Bonchev–Trinajstić information content (AvgIpc) is 2.41. The van der Waals surface area contributed by atoms with E-state index in [-0.39, 0.29) is 27.0 Å². The fourth-order valence-corrected chi connectivity index (χ4v) is 3.84. The Morgan fingerprint density at radius 2 is 1.86 bits per heavy atom. The predicted molar refractivity (Wildman–Crippen MR) is 80.5 cm³/mol. The third-order valence-corrected chi connectivity index (χ3v) is 5.16. The number of carbonyl (C=O) groups is 1. The molecule has 6 heteroatoms. The minimum absolute atomic E-state index is 0.000653. The second-order valence-corrected chi connectivity index (χ2v) is 6.95. The van der Waals surface area contributed by atoms with Gasteiger partial charge in [-0.05, 0) is 37.3 Å². The highest BCUT2D eigenvalue weighted by molar-refractivity contribution is 7.90. The van der Waals surface area contributed by atoms with Crippen molar-refractivity contribution < 1.29 is 18.3 Å². The molecule has 0 bridgehead atoms. The Balaban J connectivity index is 2.44. The number of carbonyl (C=O) groups excluding carboxylic acids is 1. The Bertz CT molecular complexity index is 797. The molecule has 0 aromatic heterocycles. The standard InChI is InChI=1S/C15H13ClO4S/c1-10(17)11-6-7-14(18)12(8-11)9-21(19,20)15-5-3-2-4-13(15)16/h2-8,18H,9H2,1H3. The molecule has 1 N–H and O–H groups in total. The van der Waals surface area contributed by atoms with Crippen molar-refractivity contribution in [2.24, 2.45) is 0 Å². The molecule has 0 aliphatic carbocycles. The number of rotatable bonds is 4. The van der Waals surface area contributed by atoms with Crippen molar-refractivity contribution in [3.63, 3.8) is 0 Å². The van der Waals surface area contributed by atoms with Gasteiger partial charge in [-0.2, -0.15) is 0 Å². The van der Waals surface area contributed by atoms with Gasteiger partial charge in [-0.15, -0.1) is 0 Å². The second-order valence-electron chi connectivity index (χ2n) is 4.59. The van der Waals surface area contributed by atoms with Crippen molar-refractivity contribution in [1.29, 1.82) is 0 Å². The summed E-state index contributed by atoms with van der Waals surface area (Å²) in [5.41, 5.74) is 0.514. The van der Waals surface area contributed by atoms with Crippen molar-refractivity contribution in [3.05, 3.63) is 58.6 Å². The Labute approximate surface area is 127 Å². The van der Waals surface area contributed by atoms with Crippen LogP contribution in [0.3, 0.4) is 0 Å². The van der Waals surface area contributed by atoms with E-state index in [4.69, 9.17) is 11.6 Å². The van der Waals surface area contributed by atoms with E-state index in [9.17, 15) is 18.3 Å². The van der Waals surface area contributed by atoms with Crippen molar-refractivity contribution in [1.82, 2.24) is 0 Å². The lowest BCUT2D eigenvalue weighted by Crippen LogP contribution is -2.06. The summed E-state index contributed by atoms with van der Waals surface area (Å²) in [5.74, 6) is -0.800.